The molecule has 1 aliphatic heterocycles. The lowest BCUT2D eigenvalue weighted by Crippen LogP contribution is -2.34. The minimum absolute atomic E-state index is 0.0280. The predicted molar refractivity (Wildman–Crippen MR) is 106 cm³/mol. The lowest BCUT2D eigenvalue weighted by Gasteiger charge is -2.21. The number of imide groups is 1. The number of carbonyl (C=O) groups is 3. The summed E-state index contributed by atoms with van der Waals surface area (Å²) in [6.07, 6.45) is 0.103. The van der Waals surface area contributed by atoms with E-state index >= 15 is 0 Å². The molecule has 0 saturated carbocycles. The van der Waals surface area contributed by atoms with Gasteiger partial charge < -0.3 is 10.6 Å². The zero-order chi connectivity index (χ0) is 20.3. The van der Waals surface area contributed by atoms with Gasteiger partial charge in [0.25, 0.3) is 5.91 Å². The van der Waals surface area contributed by atoms with Crippen LogP contribution in [0.1, 0.15) is 31.4 Å². The number of anilines is 1. The number of nitrogens with one attached hydrogen (secondary N) is 2. The zero-order valence-corrected chi connectivity index (χ0v) is 16.7. The number of hydrogen-bond acceptors (Lipinski definition) is 3. The third-order valence-corrected chi connectivity index (χ3v) is 5.08. The highest BCUT2D eigenvalue weighted by Crippen LogP contribution is 2.25. The van der Waals surface area contributed by atoms with Gasteiger partial charge in [-0.25, -0.2) is 9.18 Å². The van der Waals surface area contributed by atoms with E-state index in [4.69, 9.17) is 0 Å². The fraction of sp³-hybridized carbons (Fsp3) is 0.250. The molecule has 1 aliphatic rings. The Hall–Kier alpha value is -2.74. The van der Waals surface area contributed by atoms with E-state index in [1.807, 2.05) is 30.3 Å². The second-order valence-corrected chi connectivity index (χ2v) is 7.42. The van der Waals surface area contributed by atoms with Crippen molar-refractivity contribution in [2.24, 2.45) is 0 Å². The molecule has 0 spiro atoms. The van der Waals surface area contributed by atoms with Crippen LogP contribution in [0.25, 0.3) is 0 Å². The predicted octanol–water partition coefficient (Wildman–Crippen LogP) is 3.99. The molecule has 4 amide bonds. The summed E-state index contributed by atoms with van der Waals surface area (Å²) in [6.45, 7) is 1.78. The van der Waals surface area contributed by atoms with Crippen molar-refractivity contribution >= 4 is 39.5 Å². The van der Waals surface area contributed by atoms with Gasteiger partial charge in [0.2, 0.25) is 5.91 Å². The molecular formula is C20H19BrFN3O3. The average molecular weight is 448 g/mol. The monoisotopic (exact) mass is 447 g/mol. The number of carbonyl (C=O) groups excluding carboxylic acids is 3. The Kier molecular flexibility index (Phi) is 6.08. The van der Waals surface area contributed by atoms with E-state index in [0.29, 0.717) is 4.47 Å². The number of hydrogen-bond donors (Lipinski definition) is 2. The third-order valence-electron chi connectivity index (χ3n) is 4.59. The summed E-state index contributed by atoms with van der Waals surface area (Å²) in [5, 5.41) is 5.09. The first-order valence-electron chi connectivity index (χ1n) is 8.80. The molecule has 146 valence electrons. The summed E-state index contributed by atoms with van der Waals surface area (Å²) < 4.78 is 14.4. The smallest absolute Gasteiger partial charge is 0.325 e. The van der Waals surface area contributed by atoms with Crippen LogP contribution in [0.5, 0.6) is 0 Å². The number of rotatable bonds is 6. The first kappa shape index (κ1) is 20.0. The van der Waals surface area contributed by atoms with Crippen LogP contribution in [0.4, 0.5) is 14.9 Å². The summed E-state index contributed by atoms with van der Waals surface area (Å²) in [5.41, 5.74) is 0.907. The van der Waals surface area contributed by atoms with E-state index < -0.39 is 29.8 Å². The van der Waals surface area contributed by atoms with Crippen molar-refractivity contribution in [3.8, 4) is 0 Å². The molecule has 2 N–H and O–H groups in total. The van der Waals surface area contributed by atoms with Gasteiger partial charge in [0.1, 0.15) is 11.9 Å². The van der Waals surface area contributed by atoms with E-state index in [1.54, 1.807) is 13.0 Å². The van der Waals surface area contributed by atoms with Crippen molar-refractivity contribution < 1.29 is 18.8 Å². The molecular weight excluding hydrogens is 429 g/mol. The molecule has 0 radical (unpaired) electrons. The minimum Gasteiger partial charge on any atom is -0.326 e. The second-order valence-electron chi connectivity index (χ2n) is 6.51. The molecule has 0 bridgehead atoms. The molecule has 2 atom stereocenters. The Morgan fingerprint density at radius 2 is 1.96 bits per heavy atom. The first-order valence-corrected chi connectivity index (χ1v) is 9.59. The van der Waals surface area contributed by atoms with Gasteiger partial charge in [0.15, 0.2) is 0 Å². The molecule has 2 aromatic carbocycles. The lowest BCUT2D eigenvalue weighted by atomic mass is 10.1. The third kappa shape index (κ3) is 4.39. The number of halogens is 2. The van der Waals surface area contributed by atoms with Crippen LogP contribution in [0.3, 0.4) is 0 Å². The largest absolute Gasteiger partial charge is 0.326 e. The topological polar surface area (TPSA) is 78.5 Å². The summed E-state index contributed by atoms with van der Waals surface area (Å²) in [7, 11) is 0. The Balaban J connectivity index is 1.58. The SMILES string of the molecule is CC(c1ccccc1)N1C(=O)NC(CCC(=O)Nc2ccc(Br)cc2F)C1=O. The Morgan fingerprint density at radius 3 is 2.64 bits per heavy atom. The van der Waals surface area contributed by atoms with Gasteiger partial charge in [0, 0.05) is 10.9 Å². The second kappa shape index (κ2) is 8.52. The maximum atomic E-state index is 13.8. The van der Waals surface area contributed by atoms with Crippen molar-refractivity contribution in [2.45, 2.75) is 31.8 Å². The van der Waals surface area contributed by atoms with Crippen molar-refractivity contribution in [2.75, 3.05) is 5.32 Å². The average Bonchev–Trinajstić information content (AvgIpc) is 2.96. The van der Waals surface area contributed by atoms with Crippen molar-refractivity contribution in [1.82, 2.24) is 10.2 Å². The highest BCUT2D eigenvalue weighted by atomic mass is 79.9. The van der Waals surface area contributed by atoms with Gasteiger partial charge in [-0.1, -0.05) is 46.3 Å². The number of nitrogens with zero attached hydrogens (tertiary/aromatic N) is 1. The van der Waals surface area contributed by atoms with E-state index in [1.165, 1.54) is 17.0 Å². The highest BCUT2D eigenvalue weighted by Gasteiger charge is 2.40. The van der Waals surface area contributed by atoms with Gasteiger partial charge in [-0.05, 0) is 37.1 Å². The van der Waals surface area contributed by atoms with Gasteiger partial charge in [-0.2, -0.15) is 0 Å². The summed E-state index contributed by atoms with van der Waals surface area (Å²) in [5.74, 6) is -1.36. The van der Waals surface area contributed by atoms with Crippen LogP contribution < -0.4 is 10.6 Å². The van der Waals surface area contributed by atoms with Crippen LogP contribution in [0, 0.1) is 5.82 Å². The van der Waals surface area contributed by atoms with E-state index in [-0.39, 0.29) is 24.4 Å². The molecule has 1 heterocycles. The molecule has 28 heavy (non-hydrogen) atoms. The fourth-order valence-electron chi connectivity index (χ4n) is 3.07. The van der Waals surface area contributed by atoms with Gasteiger partial charge >= 0.3 is 6.03 Å². The van der Waals surface area contributed by atoms with Gasteiger partial charge in [-0.15, -0.1) is 0 Å². The number of amides is 4. The Bertz CT molecular complexity index is 907. The molecule has 6 nitrogen and oxygen atoms in total. The Morgan fingerprint density at radius 1 is 1.25 bits per heavy atom. The fourth-order valence-corrected chi connectivity index (χ4v) is 3.40. The molecule has 2 aromatic rings. The molecule has 3 rings (SSSR count). The van der Waals surface area contributed by atoms with Crippen LogP contribution >= 0.6 is 15.9 Å². The zero-order valence-electron chi connectivity index (χ0n) is 15.1. The first-order chi connectivity index (χ1) is 13.4. The van der Waals surface area contributed by atoms with E-state index in [0.717, 1.165) is 5.56 Å². The Labute approximate surface area is 170 Å². The maximum absolute atomic E-state index is 13.8. The normalized spacial score (nSPS) is 17.4. The quantitative estimate of drug-likeness (QED) is 0.657. The maximum Gasteiger partial charge on any atom is 0.325 e. The van der Waals surface area contributed by atoms with Crippen molar-refractivity contribution in [1.29, 1.82) is 0 Å². The highest BCUT2D eigenvalue weighted by molar-refractivity contribution is 9.10. The standard InChI is InChI=1S/C20H19BrFN3O3/c1-12(13-5-3-2-4-6-13)25-19(27)17(24-20(25)28)9-10-18(26)23-16-8-7-14(21)11-15(16)22/h2-8,11-12,17H,9-10H2,1H3,(H,23,26)(H,24,28). The van der Waals surface area contributed by atoms with Gasteiger partial charge in [-0.3, -0.25) is 14.5 Å². The minimum atomic E-state index is -0.779. The van der Waals surface area contributed by atoms with Crippen molar-refractivity contribution in [3.63, 3.8) is 0 Å². The van der Waals surface area contributed by atoms with Crippen molar-refractivity contribution in [3.05, 3.63) is 64.4 Å². The van der Waals surface area contributed by atoms with Crippen LogP contribution in [0.15, 0.2) is 53.0 Å². The van der Waals surface area contributed by atoms with Crippen LogP contribution in [0.2, 0.25) is 0 Å². The summed E-state index contributed by atoms with van der Waals surface area (Å²) >= 11 is 3.15. The summed E-state index contributed by atoms with van der Waals surface area (Å²) in [4.78, 5) is 38.2. The molecule has 8 heteroatoms. The number of benzene rings is 2. The molecule has 0 aromatic heterocycles. The van der Waals surface area contributed by atoms with Crippen LogP contribution in [-0.2, 0) is 9.59 Å². The molecule has 1 saturated heterocycles. The van der Waals surface area contributed by atoms with Crippen LogP contribution in [-0.4, -0.2) is 28.8 Å². The number of urea groups is 1. The summed E-state index contributed by atoms with van der Waals surface area (Å²) in [6, 6.07) is 11.9. The molecule has 1 fully saturated rings. The molecule has 0 aliphatic carbocycles. The van der Waals surface area contributed by atoms with E-state index in [9.17, 15) is 18.8 Å². The lowest BCUT2D eigenvalue weighted by molar-refractivity contribution is -0.129. The molecule has 2 unspecified atom stereocenters. The van der Waals surface area contributed by atoms with E-state index in [2.05, 4.69) is 26.6 Å². The van der Waals surface area contributed by atoms with Gasteiger partial charge in [0.05, 0.1) is 11.7 Å².